The Morgan fingerprint density at radius 3 is 2.20 bits per heavy atom. The molecule has 0 spiro atoms. The summed E-state index contributed by atoms with van der Waals surface area (Å²) in [5.41, 5.74) is 0.701. The molecule has 0 aromatic rings. The highest BCUT2D eigenvalue weighted by Gasteiger charge is 2.40. The summed E-state index contributed by atoms with van der Waals surface area (Å²) in [5, 5.41) is 0. The molecule has 0 atom stereocenters. The Morgan fingerprint density at radius 2 is 1.80 bits per heavy atom. The van der Waals surface area contributed by atoms with E-state index in [0.29, 0.717) is 31.5 Å². The van der Waals surface area contributed by atoms with Crippen molar-refractivity contribution in [1.82, 2.24) is 4.90 Å². The van der Waals surface area contributed by atoms with E-state index in [1.165, 1.54) is 6.92 Å². The monoisotopic (exact) mass is 295 g/mol. The van der Waals surface area contributed by atoms with Crippen molar-refractivity contribution in [3.05, 3.63) is 49.1 Å². The molecule has 1 heterocycles. The van der Waals surface area contributed by atoms with E-state index in [0.717, 1.165) is 0 Å². The lowest BCUT2D eigenvalue weighted by atomic mass is 9.87. The zero-order chi connectivity index (χ0) is 15.2. The van der Waals surface area contributed by atoms with Crippen LogP contribution in [0.1, 0.15) is 19.8 Å². The molecule has 1 saturated heterocycles. The fraction of sp³-hybridized carbons (Fsp3) is 0.400. The number of carbonyl (C=O) groups is 1. The number of hydrogen-bond acceptors (Lipinski definition) is 3. The van der Waals surface area contributed by atoms with Gasteiger partial charge in [0.15, 0.2) is 0 Å². The molecule has 0 bridgehead atoms. The Kier molecular flexibility index (Phi) is 5.95. The van der Waals surface area contributed by atoms with Crippen LogP contribution in [0.2, 0.25) is 0 Å². The van der Waals surface area contributed by atoms with Gasteiger partial charge in [-0.2, -0.15) is 0 Å². The standard InChI is InChI=1S/C15H21NO3S/c1-4-6-8-14(7-5-2)15(20(18)19)9-11-16(12-10-15)13(3)17/h4-8,20H,1-2,9-12H2,3H3/b8-6-,14-7+. The van der Waals surface area contributed by atoms with Crippen LogP contribution in [0.3, 0.4) is 0 Å². The number of piperidine rings is 1. The highest BCUT2D eigenvalue weighted by atomic mass is 32.2. The van der Waals surface area contributed by atoms with E-state index in [1.54, 1.807) is 35.3 Å². The molecule has 1 aliphatic rings. The summed E-state index contributed by atoms with van der Waals surface area (Å²) in [4.78, 5) is 13.0. The Labute approximate surface area is 122 Å². The normalized spacial score (nSPS) is 19.3. The maximum atomic E-state index is 11.8. The molecule has 0 unspecified atom stereocenters. The van der Waals surface area contributed by atoms with E-state index in [4.69, 9.17) is 0 Å². The lowest BCUT2D eigenvalue weighted by Crippen LogP contribution is -2.47. The number of carbonyl (C=O) groups excluding carboxylic acids is 1. The summed E-state index contributed by atoms with van der Waals surface area (Å²) in [6.45, 7) is 9.65. The molecule has 20 heavy (non-hydrogen) atoms. The lowest BCUT2D eigenvalue weighted by Gasteiger charge is -2.38. The van der Waals surface area contributed by atoms with Crippen molar-refractivity contribution >= 4 is 16.6 Å². The lowest BCUT2D eigenvalue weighted by molar-refractivity contribution is -0.129. The van der Waals surface area contributed by atoms with Crippen molar-refractivity contribution in [3.8, 4) is 0 Å². The second kappa shape index (κ2) is 7.24. The van der Waals surface area contributed by atoms with Crippen LogP contribution >= 0.6 is 0 Å². The Balaban J connectivity index is 3.13. The third-order valence-electron chi connectivity index (χ3n) is 3.63. The van der Waals surface area contributed by atoms with Crippen molar-refractivity contribution in [2.45, 2.75) is 24.5 Å². The second-order valence-electron chi connectivity index (χ2n) is 4.75. The third-order valence-corrected chi connectivity index (χ3v) is 5.04. The fourth-order valence-corrected chi connectivity index (χ4v) is 3.36. The maximum Gasteiger partial charge on any atom is 0.219 e. The van der Waals surface area contributed by atoms with E-state index in [2.05, 4.69) is 13.2 Å². The molecule has 4 nitrogen and oxygen atoms in total. The first kappa shape index (κ1) is 16.4. The second-order valence-corrected chi connectivity index (χ2v) is 6.12. The van der Waals surface area contributed by atoms with Gasteiger partial charge in [0.1, 0.15) is 10.7 Å². The molecule has 0 aliphatic carbocycles. The van der Waals surface area contributed by atoms with Gasteiger partial charge in [-0.05, 0) is 18.4 Å². The number of rotatable bonds is 5. The van der Waals surface area contributed by atoms with Crippen LogP contribution in [0.4, 0.5) is 0 Å². The minimum absolute atomic E-state index is 0.0180. The Hall–Kier alpha value is -1.62. The molecular weight excluding hydrogens is 274 g/mol. The molecule has 5 heteroatoms. The van der Waals surface area contributed by atoms with Crippen molar-refractivity contribution < 1.29 is 13.2 Å². The van der Waals surface area contributed by atoms with Crippen molar-refractivity contribution in [3.63, 3.8) is 0 Å². The molecule has 1 amide bonds. The average Bonchev–Trinajstić information content (AvgIpc) is 2.43. The van der Waals surface area contributed by atoms with Crippen LogP contribution < -0.4 is 0 Å². The van der Waals surface area contributed by atoms with Gasteiger partial charge in [-0.3, -0.25) is 4.79 Å². The molecule has 110 valence electrons. The smallest absolute Gasteiger partial charge is 0.219 e. The number of nitrogens with zero attached hydrogens (tertiary/aromatic N) is 1. The van der Waals surface area contributed by atoms with Gasteiger partial charge >= 0.3 is 0 Å². The van der Waals surface area contributed by atoms with Gasteiger partial charge in [-0.1, -0.05) is 43.5 Å². The zero-order valence-electron chi connectivity index (χ0n) is 11.7. The van der Waals surface area contributed by atoms with Crippen LogP contribution in [0, 0.1) is 0 Å². The van der Waals surface area contributed by atoms with E-state index < -0.39 is 15.5 Å². The predicted molar refractivity (Wildman–Crippen MR) is 82.2 cm³/mol. The van der Waals surface area contributed by atoms with E-state index in [1.807, 2.05) is 0 Å². The van der Waals surface area contributed by atoms with Gasteiger partial charge in [0.25, 0.3) is 0 Å². The number of allylic oxidation sites excluding steroid dienone is 5. The molecule has 0 N–H and O–H groups in total. The first-order valence-corrected chi connectivity index (χ1v) is 7.68. The minimum atomic E-state index is -2.65. The summed E-state index contributed by atoms with van der Waals surface area (Å²) >= 11 is 0. The SMILES string of the molecule is C=C/C=C\C(=C/C=C)C1([SH](=O)=O)CCN(C(C)=O)CC1. The predicted octanol–water partition coefficient (Wildman–Crippen LogP) is 1.83. The summed E-state index contributed by atoms with van der Waals surface area (Å²) in [6, 6.07) is 0. The highest BCUT2D eigenvalue weighted by Crippen LogP contribution is 2.34. The average molecular weight is 295 g/mol. The summed E-state index contributed by atoms with van der Waals surface area (Å²) in [6.07, 6.45) is 9.19. The first-order valence-electron chi connectivity index (χ1n) is 6.50. The van der Waals surface area contributed by atoms with E-state index in [9.17, 15) is 13.2 Å². The molecule has 1 fully saturated rings. The van der Waals surface area contributed by atoms with Gasteiger partial charge in [0.05, 0.1) is 4.75 Å². The Morgan fingerprint density at radius 1 is 1.20 bits per heavy atom. The molecule has 0 radical (unpaired) electrons. The molecule has 1 rings (SSSR count). The number of amides is 1. The van der Waals surface area contributed by atoms with Crippen molar-refractivity contribution in [1.29, 1.82) is 0 Å². The number of likely N-dealkylation sites (tertiary alicyclic amines) is 1. The summed E-state index contributed by atoms with van der Waals surface area (Å²) in [7, 11) is -2.65. The first-order chi connectivity index (χ1) is 9.47. The van der Waals surface area contributed by atoms with E-state index >= 15 is 0 Å². The van der Waals surface area contributed by atoms with Gasteiger partial charge in [0.2, 0.25) is 5.91 Å². The molecular formula is C15H21NO3S. The Bertz CT molecular complexity index is 513. The quantitative estimate of drug-likeness (QED) is 0.622. The molecule has 0 saturated carbocycles. The van der Waals surface area contributed by atoms with Crippen LogP contribution in [0.15, 0.2) is 49.1 Å². The van der Waals surface area contributed by atoms with Crippen molar-refractivity contribution in [2.75, 3.05) is 13.1 Å². The molecule has 1 aliphatic heterocycles. The molecule has 0 aromatic carbocycles. The summed E-state index contributed by atoms with van der Waals surface area (Å²) in [5.74, 6) is -0.0180. The largest absolute Gasteiger partial charge is 0.343 e. The van der Waals surface area contributed by atoms with Gasteiger partial charge in [0, 0.05) is 20.0 Å². The van der Waals surface area contributed by atoms with E-state index in [-0.39, 0.29) is 5.91 Å². The van der Waals surface area contributed by atoms with Crippen molar-refractivity contribution in [2.24, 2.45) is 0 Å². The van der Waals surface area contributed by atoms with Crippen LogP contribution in [-0.4, -0.2) is 37.1 Å². The zero-order valence-corrected chi connectivity index (χ0v) is 12.6. The number of hydrogen-bond donors (Lipinski definition) is 1. The minimum Gasteiger partial charge on any atom is -0.343 e. The maximum absolute atomic E-state index is 11.8. The van der Waals surface area contributed by atoms with Gasteiger partial charge in [-0.25, -0.2) is 8.42 Å². The fourth-order valence-electron chi connectivity index (χ4n) is 2.43. The highest BCUT2D eigenvalue weighted by molar-refractivity contribution is 7.74. The number of thiol groups is 1. The molecule has 0 aromatic heterocycles. The van der Waals surface area contributed by atoms with Crippen LogP contribution in [0.25, 0.3) is 0 Å². The van der Waals surface area contributed by atoms with Crippen LogP contribution in [0.5, 0.6) is 0 Å². The van der Waals surface area contributed by atoms with Gasteiger partial charge in [-0.15, -0.1) is 0 Å². The third kappa shape index (κ3) is 3.48. The topological polar surface area (TPSA) is 54.5 Å². The van der Waals surface area contributed by atoms with Gasteiger partial charge < -0.3 is 4.90 Å². The summed E-state index contributed by atoms with van der Waals surface area (Å²) < 4.78 is 22.7. The van der Waals surface area contributed by atoms with Crippen LogP contribution in [-0.2, 0) is 15.5 Å².